The van der Waals surface area contributed by atoms with E-state index in [9.17, 15) is 14.4 Å². The molecule has 3 atom stereocenters. The van der Waals surface area contributed by atoms with E-state index in [1.165, 1.54) is 4.90 Å². The lowest BCUT2D eigenvalue weighted by Crippen LogP contribution is -2.57. The van der Waals surface area contributed by atoms with Crippen molar-refractivity contribution in [3.63, 3.8) is 0 Å². The third-order valence-corrected chi connectivity index (χ3v) is 9.04. The molecule has 0 saturated heterocycles. The van der Waals surface area contributed by atoms with E-state index in [0.717, 1.165) is 38.7 Å². The number of benzene rings is 3. The number of nitrogens with one attached hydrogen (secondary N) is 4. The van der Waals surface area contributed by atoms with Crippen LogP contribution in [0.1, 0.15) is 48.8 Å². The Balaban J connectivity index is 1.54. The van der Waals surface area contributed by atoms with Crippen LogP contribution in [0.15, 0.2) is 79.0 Å². The standard InChI is InChI=1S/C37H47N7O3/c1-44-34(21-28-24-41-31-15-5-4-14-30(28)31)36(46)42-23-27-11-2-3-13-29(27)26-12-8-10-25(20-26)22-40-32(17-9-19-39)35(45)43-33(37(44)47)16-6-7-18-38/h2-5,8,10-15,20,24,32-34,40-41H,6-7,9,16-19,21-23,38-39H2,1H3,(H,42,46)(H,43,45)/t32-,33-,34-/m0/s1. The summed E-state index contributed by atoms with van der Waals surface area (Å²) in [5, 5.41) is 10.6. The first-order valence-electron chi connectivity index (χ1n) is 16.6. The number of H-pyrrole nitrogens is 1. The van der Waals surface area contributed by atoms with Gasteiger partial charge in [-0.05, 0) is 85.1 Å². The molecule has 3 aromatic carbocycles. The predicted molar refractivity (Wildman–Crippen MR) is 186 cm³/mol. The third-order valence-electron chi connectivity index (χ3n) is 9.04. The Kier molecular flexibility index (Phi) is 11.8. The number of carbonyl (C=O) groups is 3. The van der Waals surface area contributed by atoms with Crippen LogP contribution < -0.4 is 27.4 Å². The van der Waals surface area contributed by atoms with E-state index in [2.05, 4.69) is 33.1 Å². The molecule has 0 unspecified atom stereocenters. The quantitative estimate of drug-likeness (QED) is 0.155. The number of hydrogen-bond acceptors (Lipinski definition) is 6. The number of fused-ring (bicyclic) bond motifs is 5. The molecular formula is C37H47N7O3. The zero-order chi connectivity index (χ0) is 33.2. The summed E-state index contributed by atoms with van der Waals surface area (Å²) in [5.74, 6) is -0.848. The van der Waals surface area contributed by atoms with Crippen LogP contribution in [0.5, 0.6) is 0 Å². The van der Waals surface area contributed by atoms with Gasteiger partial charge in [0, 0.05) is 43.7 Å². The molecule has 0 saturated carbocycles. The third kappa shape index (κ3) is 8.45. The highest BCUT2D eigenvalue weighted by Gasteiger charge is 2.34. The molecule has 0 aliphatic carbocycles. The van der Waals surface area contributed by atoms with E-state index >= 15 is 0 Å². The van der Waals surface area contributed by atoms with Crippen LogP contribution in [0, 0.1) is 0 Å². The summed E-state index contributed by atoms with van der Waals surface area (Å²) in [6.45, 7) is 1.69. The summed E-state index contributed by atoms with van der Waals surface area (Å²) < 4.78 is 0. The van der Waals surface area contributed by atoms with Crippen LogP contribution in [0.25, 0.3) is 22.0 Å². The summed E-state index contributed by atoms with van der Waals surface area (Å²) >= 11 is 0. The van der Waals surface area contributed by atoms with Crippen molar-refractivity contribution in [2.75, 3.05) is 20.1 Å². The Morgan fingerprint density at radius 3 is 2.40 bits per heavy atom. The van der Waals surface area contributed by atoms with Crippen LogP contribution in [-0.2, 0) is 33.9 Å². The van der Waals surface area contributed by atoms with Crippen molar-refractivity contribution in [3.8, 4) is 11.1 Å². The zero-order valence-electron chi connectivity index (χ0n) is 27.1. The number of likely N-dealkylation sites (N-methyl/N-ethyl adjacent to an activating group) is 1. The molecule has 8 N–H and O–H groups in total. The molecule has 0 radical (unpaired) electrons. The van der Waals surface area contributed by atoms with Gasteiger partial charge in [-0.25, -0.2) is 0 Å². The van der Waals surface area contributed by atoms with E-state index in [0.29, 0.717) is 64.7 Å². The van der Waals surface area contributed by atoms with Crippen molar-refractivity contribution in [1.82, 2.24) is 25.8 Å². The van der Waals surface area contributed by atoms with E-state index in [4.69, 9.17) is 11.5 Å². The second kappa shape index (κ2) is 16.4. The fourth-order valence-electron chi connectivity index (χ4n) is 6.33. The molecule has 10 heteroatoms. The lowest BCUT2D eigenvalue weighted by molar-refractivity contribution is -0.142. The first kappa shape index (κ1) is 33.8. The Labute approximate surface area is 276 Å². The molecule has 1 aromatic heterocycles. The lowest BCUT2D eigenvalue weighted by Gasteiger charge is -2.32. The van der Waals surface area contributed by atoms with E-state index in [1.807, 2.05) is 66.9 Å². The van der Waals surface area contributed by atoms with Crippen LogP contribution in [0.4, 0.5) is 0 Å². The lowest BCUT2D eigenvalue weighted by atomic mass is 9.97. The number of nitrogens with zero attached hydrogens (tertiary/aromatic N) is 1. The van der Waals surface area contributed by atoms with Crippen molar-refractivity contribution in [2.24, 2.45) is 11.5 Å². The van der Waals surface area contributed by atoms with E-state index in [1.54, 1.807) is 7.05 Å². The van der Waals surface area contributed by atoms with Gasteiger partial charge in [0.1, 0.15) is 12.1 Å². The van der Waals surface area contributed by atoms with E-state index < -0.39 is 18.1 Å². The minimum absolute atomic E-state index is 0.263. The number of amides is 3. The van der Waals surface area contributed by atoms with Gasteiger partial charge in [-0.1, -0.05) is 60.7 Å². The average Bonchev–Trinajstić information content (AvgIpc) is 3.51. The van der Waals surface area contributed by atoms with Gasteiger partial charge in [0.25, 0.3) is 0 Å². The molecule has 1 aliphatic heterocycles. The summed E-state index contributed by atoms with van der Waals surface area (Å²) in [6, 6.07) is 21.9. The number of nitrogens with two attached hydrogens (primary N) is 2. The van der Waals surface area contributed by atoms with Gasteiger partial charge in [0.2, 0.25) is 17.7 Å². The van der Waals surface area contributed by atoms with Crippen LogP contribution in [0.2, 0.25) is 0 Å². The van der Waals surface area contributed by atoms with Gasteiger partial charge in [-0.3, -0.25) is 14.4 Å². The van der Waals surface area contributed by atoms with Gasteiger partial charge >= 0.3 is 0 Å². The maximum Gasteiger partial charge on any atom is 0.245 e. The van der Waals surface area contributed by atoms with Gasteiger partial charge in [0.15, 0.2) is 0 Å². The molecular weight excluding hydrogens is 590 g/mol. The Bertz CT molecular complexity index is 1670. The number of rotatable bonds is 9. The largest absolute Gasteiger partial charge is 0.361 e. The second-order valence-electron chi connectivity index (χ2n) is 12.3. The number of unbranched alkanes of at least 4 members (excludes halogenated alkanes) is 1. The minimum Gasteiger partial charge on any atom is -0.361 e. The summed E-state index contributed by atoms with van der Waals surface area (Å²) in [4.78, 5) is 47.0. The number of aromatic amines is 1. The van der Waals surface area contributed by atoms with Crippen molar-refractivity contribution in [3.05, 3.63) is 95.7 Å². The van der Waals surface area contributed by atoms with Crippen LogP contribution in [-0.4, -0.2) is 65.9 Å². The Morgan fingerprint density at radius 2 is 1.57 bits per heavy atom. The summed E-state index contributed by atoms with van der Waals surface area (Å²) in [6.07, 6.45) is 5.15. The first-order valence-corrected chi connectivity index (χ1v) is 16.6. The SMILES string of the molecule is CN1C(=O)[C@H](CCCCN)NC(=O)[C@H](CCCN)NCc2cccc(c2)-c2ccccc2CNC(=O)[C@@H]1Cc1c[nH]c2ccccc12. The van der Waals surface area contributed by atoms with Crippen molar-refractivity contribution < 1.29 is 14.4 Å². The number of hydrogen-bond donors (Lipinski definition) is 6. The number of carbonyl (C=O) groups excluding carboxylic acids is 3. The summed E-state index contributed by atoms with van der Waals surface area (Å²) in [7, 11) is 1.65. The monoisotopic (exact) mass is 637 g/mol. The second-order valence-corrected chi connectivity index (χ2v) is 12.3. The first-order chi connectivity index (χ1) is 22.9. The number of para-hydroxylation sites is 1. The van der Waals surface area contributed by atoms with Gasteiger partial charge in [-0.2, -0.15) is 0 Å². The Morgan fingerprint density at radius 1 is 0.809 bits per heavy atom. The van der Waals surface area contributed by atoms with Crippen molar-refractivity contribution in [1.29, 1.82) is 0 Å². The topological polar surface area (TPSA) is 158 Å². The van der Waals surface area contributed by atoms with Crippen LogP contribution in [0.3, 0.4) is 0 Å². The van der Waals surface area contributed by atoms with Crippen LogP contribution >= 0.6 is 0 Å². The zero-order valence-corrected chi connectivity index (χ0v) is 27.1. The van der Waals surface area contributed by atoms with Gasteiger partial charge in [-0.15, -0.1) is 0 Å². The predicted octanol–water partition coefficient (Wildman–Crippen LogP) is 3.35. The number of aromatic nitrogens is 1. The molecule has 1 aliphatic rings. The molecule has 5 rings (SSSR count). The molecule has 0 fully saturated rings. The van der Waals surface area contributed by atoms with Crippen molar-refractivity contribution in [2.45, 2.75) is 69.7 Å². The molecule has 0 spiro atoms. The highest BCUT2D eigenvalue weighted by molar-refractivity contribution is 5.94. The molecule has 2 heterocycles. The molecule has 3 amide bonds. The molecule has 248 valence electrons. The highest BCUT2D eigenvalue weighted by atomic mass is 16.2. The molecule has 4 aromatic rings. The summed E-state index contributed by atoms with van der Waals surface area (Å²) in [5.41, 5.74) is 17.5. The molecule has 47 heavy (non-hydrogen) atoms. The fraction of sp³-hybridized carbons (Fsp3) is 0.378. The Hall–Kier alpha value is -4.51. The minimum atomic E-state index is -0.826. The fourth-order valence-corrected chi connectivity index (χ4v) is 6.33. The smallest absolute Gasteiger partial charge is 0.245 e. The average molecular weight is 638 g/mol. The van der Waals surface area contributed by atoms with Gasteiger partial charge in [0.05, 0.1) is 6.04 Å². The van der Waals surface area contributed by atoms with Crippen molar-refractivity contribution >= 4 is 28.6 Å². The van der Waals surface area contributed by atoms with E-state index in [-0.39, 0.29) is 17.7 Å². The molecule has 2 bridgehead atoms. The van der Waals surface area contributed by atoms with Gasteiger partial charge < -0.3 is 37.3 Å². The maximum atomic E-state index is 14.3. The highest BCUT2D eigenvalue weighted by Crippen LogP contribution is 2.26. The maximum absolute atomic E-state index is 14.3. The normalized spacial score (nSPS) is 19.6. The molecule has 10 nitrogen and oxygen atoms in total.